The van der Waals surface area contributed by atoms with Gasteiger partial charge in [0.2, 0.25) is 0 Å². The highest BCUT2D eigenvalue weighted by Crippen LogP contribution is 2.33. The number of benzene rings is 1. The molecule has 2 unspecified atom stereocenters. The summed E-state index contributed by atoms with van der Waals surface area (Å²) >= 11 is 3.25. The number of hydrogen-bond acceptors (Lipinski definition) is 3. The van der Waals surface area contributed by atoms with Crippen LogP contribution in [-0.2, 0) is 15.1 Å². The first kappa shape index (κ1) is 13.6. The van der Waals surface area contributed by atoms with E-state index in [0.717, 1.165) is 0 Å². The van der Waals surface area contributed by atoms with Gasteiger partial charge in [-0.05, 0) is 17.7 Å². The number of hydrogen-bond donors (Lipinski definition) is 1. The van der Waals surface area contributed by atoms with Gasteiger partial charge in [-0.2, -0.15) is 0 Å². The molecular formula is C12H12BrF2NO2. The molecule has 3 nitrogen and oxygen atoms in total. The van der Waals surface area contributed by atoms with E-state index in [0.29, 0.717) is 16.3 Å². The number of alkyl halides is 2. The van der Waals surface area contributed by atoms with Crippen molar-refractivity contribution in [2.45, 2.75) is 18.0 Å². The second-order valence-corrected chi connectivity index (χ2v) is 5.10. The highest BCUT2D eigenvalue weighted by Gasteiger charge is 2.46. The van der Waals surface area contributed by atoms with Crippen LogP contribution in [0, 0.1) is 0 Å². The molecule has 6 heteroatoms. The van der Waals surface area contributed by atoms with Gasteiger partial charge in [-0.25, -0.2) is 8.78 Å². The highest BCUT2D eigenvalue weighted by molar-refractivity contribution is 9.10. The fourth-order valence-electron chi connectivity index (χ4n) is 2.02. The van der Waals surface area contributed by atoms with Gasteiger partial charge in [0.05, 0.1) is 19.3 Å². The van der Waals surface area contributed by atoms with Gasteiger partial charge < -0.3 is 9.53 Å². The summed E-state index contributed by atoms with van der Waals surface area (Å²) in [6.45, 7) is -0.0442. The van der Waals surface area contributed by atoms with Crippen LogP contribution in [0.25, 0.3) is 0 Å². The van der Waals surface area contributed by atoms with Gasteiger partial charge in [-0.3, -0.25) is 5.32 Å². The van der Waals surface area contributed by atoms with Crippen LogP contribution in [0.15, 0.2) is 28.7 Å². The molecule has 1 saturated heterocycles. The second-order valence-electron chi connectivity index (χ2n) is 4.18. The quantitative estimate of drug-likeness (QED) is 0.867. The molecule has 98 valence electrons. The predicted octanol–water partition coefficient (Wildman–Crippen LogP) is 2.10. The fraction of sp³-hybridized carbons (Fsp3) is 0.417. The number of halogens is 3. The molecule has 1 N–H and O–H groups in total. The Morgan fingerprint density at radius 1 is 1.56 bits per heavy atom. The summed E-state index contributed by atoms with van der Waals surface area (Å²) in [5.41, 5.74) is -1.23. The molecule has 0 aliphatic carbocycles. The van der Waals surface area contributed by atoms with Crippen molar-refractivity contribution in [3.63, 3.8) is 0 Å². The molecule has 0 amide bonds. The summed E-state index contributed by atoms with van der Waals surface area (Å²) in [6, 6.07) is 5.92. The van der Waals surface area contributed by atoms with Crippen LogP contribution in [0.5, 0.6) is 0 Å². The first-order valence-corrected chi connectivity index (χ1v) is 6.23. The lowest BCUT2D eigenvalue weighted by Gasteiger charge is -2.40. The Morgan fingerprint density at radius 2 is 2.33 bits per heavy atom. The monoisotopic (exact) mass is 319 g/mol. The molecule has 1 aliphatic rings. The second kappa shape index (κ2) is 5.42. The lowest BCUT2D eigenvalue weighted by Crippen LogP contribution is -2.61. The molecule has 18 heavy (non-hydrogen) atoms. The van der Waals surface area contributed by atoms with Crippen molar-refractivity contribution in [3.05, 3.63) is 34.3 Å². The van der Waals surface area contributed by atoms with Crippen molar-refractivity contribution in [1.82, 2.24) is 5.32 Å². The van der Waals surface area contributed by atoms with Gasteiger partial charge in [-0.15, -0.1) is 0 Å². The van der Waals surface area contributed by atoms with Crippen LogP contribution >= 0.6 is 15.9 Å². The normalized spacial score (nSPS) is 28.3. The Balaban J connectivity index is 2.40. The number of carbonyl (C=O) groups excluding carboxylic acids is 1. The number of morpholine rings is 1. The van der Waals surface area contributed by atoms with Crippen LogP contribution in [0.3, 0.4) is 0 Å². The minimum absolute atomic E-state index is 0.117. The summed E-state index contributed by atoms with van der Waals surface area (Å²) in [7, 11) is 0. The van der Waals surface area contributed by atoms with Gasteiger partial charge in [0.25, 0.3) is 6.43 Å². The number of aldehydes is 1. The maximum Gasteiger partial charge on any atom is 0.262 e. The SMILES string of the molecule is O=CC1COCC(c2cccc(Br)c2)(C(F)F)N1. The lowest BCUT2D eigenvalue weighted by molar-refractivity contribution is -0.120. The number of ether oxygens (including phenoxy) is 1. The molecule has 1 aliphatic heterocycles. The van der Waals surface area contributed by atoms with E-state index >= 15 is 0 Å². The summed E-state index contributed by atoms with van der Waals surface area (Å²) in [5.74, 6) is 0. The minimum atomic E-state index is -2.67. The van der Waals surface area contributed by atoms with Crippen molar-refractivity contribution in [3.8, 4) is 0 Å². The van der Waals surface area contributed by atoms with Crippen LogP contribution in [0.1, 0.15) is 5.56 Å². The first-order valence-electron chi connectivity index (χ1n) is 5.43. The van der Waals surface area contributed by atoms with E-state index in [4.69, 9.17) is 4.74 Å². The summed E-state index contributed by atoms with van der Waals surface area (Å²) < 4.78 is 32.7. The Morgan fingerprint density at radius 3 is 2.94 bits per heavy atom. The first-order chi connectivity index (χ1) is 8.58. The van der Waals surface area contributed by atoms with Gasteiger partial charge in [0, 0.05) is 4.47 Å². The van der Waals surface area contributed by atoms with E-state index in [9.17, 15) is 13.6 Å². The van der Waals surface area contributed by atoms with Crippen LogP contribution < -0.4 is 5.32 Å². The zero-order valence-corrected chi connectivity index (χ0v) is 11.0. The number of carbonyl (C=O) groups is 1. The fourth-order valence-corrected chi connectivity index (χ4v) is 2.42. The standard InChI is InChI=1S/C12H12BrF2NO2/c13-9-3-1-2-8(4-9)12(11(14)15)7-18-6-10(5-17)16-12/h1-5,10-11,16H,6-7H2. The smallest absolute Gasteiger partial charge is 0.262 e. The molecule has 0 saturated carbocycles. The third kappa shape index (κ3) is 2.46. The van der Waals surface area contributed by atoms with Crippen molar-refractivity contribution < 1.29 is 18.3 Å². The predicted molar refractivity (Wildman–Crippen MR) is 65.6 cm³/mol. The molecule has 0 bridgehead atoms. The van der Waals surface area contributed by atoms with E-state index in [1.54, 1.807) is 24.3 Å². The van der Waals surface area contributed by atoms with E-state index in [-0.39, 0.29) is 13.2 Å². The molecule has 1 fully saturated rings. The summed E-state index contributed by atoms with van der Waals surface area (Å²) in [6.07, 6.45) is -2.08. The van der Waals surface area contributed by atoms with E-state index in [1.807, 2.05) is 0 Å². The van der Waals surface area contributed by atoms with E-state index in [2.05, 4.69) is 21.2 Å². The van der Waals surface area contributed by atoms with Gasteiger partial charge in [-0.1, -0.05) is 28.1 Å². The molecule has 2 atom stereocenters. The largest absolute Gasteiger partial charge is 0.377 e. The topological polar surface area (TPSA) is 38.3 Å². The van der Waals surface area contributed by atoms with Crippen molar-refractivity contribution in [1.29, 1.82) is 0 Å². The Hall–Kier alpha value is -0.850. The van der Waals surface area contributed by atoms with Gasteiger partial charge in [0.1, 0.15) is 11.8 Å². The Bertz CT molecular complexity index is 444. The number of nitrogens with one attached hydrogen (secondary N) is 1. The molecule has 1 aromatic carbocycles. The number of rotatable bonds is 3. The Kier molecular flexibility index (Phi) is 4.09. The molecule has 0 aromatic heterocycles. The average molecular weight is 320 g/mol. The van der Waals surface area contributed by atoms with Crippen LogP contribution in [0.2, 0.25) is 0 Å². The zero-order valence-electron chi connectivity index (χ0n) is 9.41. The van der Waals surface area contributed by atoms with Crippen LogP contribution in [-0.4, -0.2) is 32.0 Å². The maximum absolute atomic E-state index is 13.4. The maximum atomic E-state index is 13.4. The average Bonchev–Trinajstić information content (AvgIpc) is 2.38. The van der Waals surface area contributed by atoms with Crippen LogP contribution in [0.4, 0.5) is 8.78 Å². The molecule has 1 heterocycles. The zero-order chi connectivity index (χ0) is 13.2. The third-order valence-corrected chi connectivity index (χ3v) is 3.44. The van der Waals surface area contributed by atoms with E-state index < -0.39 is 18.0 Å². The molecule has 2 rings (SSSR count). The summed E-state index contributed by atoms with van der Waals surface area (Å²) in [5, 5.41) is 2.70. The molecule has 1 aromatic rings. The Labute approximate surface area is 112 Å². The summed E-state index contributed by atoms with van der Waals surface area (Å²) in [4.78, 5) is 10.8. The third-order valence-electron chi connectivity index (χ3n) is 2.95. The van der Waals surface area contributed by atoms with Crippen molar-refractivity contribution in [2.75, 3.05) is 13.2 Å². The highest BCUT2D eigenvalue weighted by atomic mass is 79.9. The lowest BCUT2D eigenvalue weighted by atomic mass is 9.89. The molecular weight excluding hydrogens is 308 g/mol. The van der Waals surface area contributed by atoms with Gasteiger partial charge in [0.15, 0.2) is 0 Å². The van der Waals surface area contributed by atoms with Crippen molar-refractivity contribution in [2.24, 2.45) is 0 Å². The van der Waals surface area contributed by atoms with Gasteiger partial charge >= 0.3 is 0 Å². The van der Waals surface area contributed by atoms with E-state index in [1.165, 1.54) is 0 Å². The van der Waals surface area contributed by atoms with Crippen molar-refractivity contribution >= 4 is 22.2 Å². The minimum Gasteiger partial charge on any atom is -0.377 e. The molecule has 0 spiro atoms. The molecule has 0 radical (unpaired) electrons.